The molecule has 1 heterocycles. The molecule has 2 heteroatoms. The van der Waals surface area contributed by atoms with E-state index in [1.807, 2.05) is 0 Å². The minimum atomic E-state index is 0.956. The van der Waals surface area contributed by atoms with Gasteiger partial charge in [-0.05, 0) is 35.9 Å². The Kier molecular flexibility index (Phi) is 2.64. The molecule has 2 nitrogen and oxygen atoms in total. The third kappa shape index (κ3) is 1.79. The molecular formula is C19H17NO. The molecule has 0 radical (unpaired) electrons. The molecule has 4 aromatic rings. The van der Waals surface area contributed by atoms with Gasteiger partial charge in [-0.15, -0.1) is 0 Å². The lowest BCUT2D eigenvalue weighted by Gasteiger charge is -2.16. The highest BCUT2D eigenvalue weighted by atomic mass is 16.3. The molecule has 104 valence electrons. The number of furan rings is 1. The van der Waals surface area contributed by atoms with Crippen LogP contribution in [0.2, 0.25) is 0 Å². The molecule has 0 spiro atoms. The molecule has 0 saturated carbocycles. The Hall–Kier alpha value is -2.48. The van der Waals surface area contributed by atoms with E-state index in [-0.39, 0.29) is 0 Å². The Balaban J connectivity index is 2.12. The van der Waals surface area contributed by atoms with Crippen LogP contribution in [0.25, 0.3) is 32.7 Å². The highest BCUT2D eigenvalue weighted by Gasteiger charge is 2.13. The fraction of sp³-hybridized carbons (Fsp3) is 0.158. The monoisotopic (exact) mass is 275 g/mol. The molecule has 3 aromatic carbocycles. The first-order chi connectivity index (χ1) is 10.3. The van der Waals surface area contributed by atoms with Crippen molar-refractivity contribution in [2.75, 3.05) is 18.5 Å². The molecule has 0 atom stereocenters. The number of benzene rings is 3. The minimum absolute atomic E-state index is 0.956. The van der Waals surface area contributed by atoms with E-state index in [0.29, 0.717) is 0 Å². The zero-order chi connectivity index (χ0) is 14.4. The second kappa shape index (κ2) is 4.52. The predicted molar refractivity (Wildman–Crippen MR) is 90.2 cm³/mol. The van der Waals surface area contributed by atoms with Crippen LogP contribution < -0.4 is 4.90 Å². The van der Waals surface area contributed by atoms with Crippen molar-refractivity contribution in [2.45, 2.75) is 6.92 Å². The van der Waals surface area contributed by atoms with E-state index in [1.54, 1.807) is 0 Å². The fourth-order valence-corrected chi connectivity index (χ4v) is 2.94. The summed E-state index contributed by atoms with van der Waals surface area (Å²) in [5.41, 5.74) is 3.09. The van der Waals surface area contributed by atoms with Crippen LogP contribution >= 0.6 is 0 Å². The van der Waals surface area contributed by atoms with E-state index in [4.69, 9.17) is 4.42 Å². The van der Waals surface area contributed by atoms with Gasteiger partial charge in [-0.2, -0.15) is 0 Å². The van der Waals surface area contributed by atoms with E-state index in [2.05, 4.69) is 73.5 Å². The Morgan fingerprint density at radius 1 is 0.905 bits per heavy atom. The molecule has 0 N–H and O–H groups in total. The SMILES string of the molecule is CCN(C)c1cccc2c1oc1cc3ccccc3cc12. The summed E-state index contributed by atoms with van der Waals surface area (Å²) in [5.74, 6) is 0. The van der Waals surface area contributed by atoms with Crippen LogP contribution in [-0.2, 0) is 0 Å². The second-order valence-electron chi connectivity index (χ2n) is 5.47. The largest absolute Gasteiger partial charge is 0.454 e. The third-order valence-corrected chi connectivity index (χ3v) is 4.23. The van der Waals surface area contributed by atoms with Gasteiger partial charge in [0.15, 0.2) is 5.58 Å². The molecule has 21 heavy (non-hydrogen) atoms. The fourth-order valence-electron chi connectivity index (χ4n) is 2.94. The Bertz CT molecular complexity index is 952. The van der Waals surface area contributed by atoms with Gasteiger partial charge in [0.05, 0.1) is 5.69 Å². The van der Waals surface area contributed by atoms with Gasteiger partial charge in [0.25, 0.3) is 0 Å². The van der Waals surface area contributed by atoms with Crippen molar-refractivity contribution in [1.29, 1.82) is 0 Å². The maximum atomic E-state index is 6.17. The van der Waals surface area contributed by atoms with E-state index < -0.39 is 0 Å². The molecule has 0 unspecified atom stereocenters. The average Bonchev–Trinajstić information content (AvgIpc) is 2.89. The van der Waals surface area contributed by atoms with Crippen LogP contribution in [0.3, 0.4) is 0 Å². The molecule has 0 bridgehead atoms. The molecule has 1 aromatic heterocycles. The lowest BCUT2D eigenvalue weighted by Crippen LogP contribution is -2.15. The van der Waals surface area contributed by atoms with Gasteiger partial charge in [-0.3, -0.25) is 0 Å². The van der Waals surface area contributed by atoms with E-state index in [1.165, 1.54) is 21.5 Å². The van der Waals surface area contributed by atoms with Crippen molar-refractivity contribution in [2.24, 2.45) is 0 Å². The van der Waals surface area contributed by atoms with Crippen molar-refractivity contribution in [3.8, 4) is 0 Å². The lowest BCUT2D eigenvalue weighted by atomic mass is 10.1. The van der Waals surface area contributed by atoms with Crippen molar-refractivity contribution in [1.82, 2.24) is 0 Å². The van der Waals surface area contributed by atoms with Crippen LogP contribution in [0.4, 0.5) is 5.69 Å². The van der Waals surface area contributed by atoms with Crippen LogP contribution in [0, 0.1) is 0 Å². The topological polar surface area (TPSA) is 16.4 Å². The standard InChI is InChI=1S/C19H17NO/c1-3-20(2)17-10-6-9-15-16-11-13-7-4-5-8-14(13)12-18(16)21-19(15)17/h4-12H,3H2,1-2H3. The Morgan fingerprint density at radius 3 is 2.43 bits per heavy atom. The van der Waals surface area contributed by atoms with Crippen LogP contribution in [0.5, 0.6) is 0 Å². The van der Waals surface area contributed by atoms with Gasteiger partial charge in [-0.1, -0.05) is 36.4 Å². The van der Waals surface area contributed by atoms with Gasteiger partial charge in [0, 0.05) is 24.4 Å². The van der Waals surface area contributed by atoms with E-state index in [0.717, 1.165) is 23.4 Å². The first-order valence-corrected chi connectivity index (χ1v) is 7.33. The van der Waals surface area contributed by atoms with Gasteiger partial charge in [0.1, 0.15) is 5.58 Å². The molecule has 0 fully saturated rings. The number of hydrogen-bond donors (Lipinski definition) is 0. The number of rotatable bonds is 2. The molecule has 0 amide bonds. The van der Waals surface area contributed by atoms with Crippen molar-refractivity contribution >= 4 is 38.4 Å². The molecular weight excluding hydrogens is 258 g/mol. The normalized spacial score (nSPS) is 11.5. The van der Waals surface area contributed by atoms with Gasteiger partial charge >= 0.3 is 0 Å². The highest BCUT2D eigenvalue weighted by Crippen LogP contribution is 2.36. The van der Waals surface area contributed by atoms with Crippen molar-refractivity contribution in [3.63, 3.8) is 0 Å². The molecule has 0 aliphatic rings. The quantitative estimate of drug-likeness (QED) is 0.500. The van der Waals surface area contributed by atoms with Crippen molar-refractivity contribution < 1.29 is 4.42 Å². The summed E-state index contributed by atoms with van der Waals surface area (Å²) in [5, 5.41) is 4.85. The molecule has 0 aliphatic carbocycles. The number of hydrogen-bond acceptors (Lipinski definition) is 2. The van der Waals surface area contributed by atoms with Gasteiger partial charge in [0.2, 0.25) is 0 Å². The first-order valence-electron chi connectivity index (χ1n) is 7.33. The predicted octanol–water partition coefficient (Wildman–Crippen LogP) is 5.20. The van der Waals surface area contributed by atoms with Crippen LogP contribution in [0.15, 0.2) is 59.0 Å². The number of fused-ring (bicyclic) bond motifs is 4. The van der Waals surface area contributed by atoms with E-state index >= 15 is 0 Å². The van der Waals surface area contributed by atoms with Crippen LogP contribution in [-0.4, -0.2) is 13.6 Å². The molecule has 0 saturated heterocycles. The summed E-state index contributed by atoms with van der Waals surface area (Å²) >= 11 is 0. The summed E-state index contributed by atoms with van der Waals surface area (Å²) < 4.78 is 6.17. The number of nitrogens with zero attached hydrogens (tertiary/aromatic N) is 1. The van der Waals surface area contributed by atoms with Gasteiger partial charge in [-0.25, -0.2) is 0 Å². The smallest absolute Gasteiger partial charge is 0.158 e. The minimum Gasteiger partial charge on any atom is -0.454 e. The second-order valence-corrected chi connectivity index (χ2v) is 5.47. The first kappa shape index (κ1) is 12.3. The Morgan fingerprint density at radius 2 is 1.67 bits per heavy atom. The van der Waals surface area contributed by atoms with E-state index in [9.17, 15) is 0 Å². The summed E-state index contributed by atoms with van der Waals surface area (Å²) in [6.07, 6.45) is 0. The maximum absolute atomic E-state index is 6.17. The van der Waals surface area contributed by atoms with Crippen molar-refractivity contribution in [3.05, 3.63) is 54.6 Å². The zero-order valence-electron chi connectivity index (χ0n) is 12.3. The zero-order valence-corrected chi connectivity index (χ0v) is 12.3. The molecule has 0 aliphatic heterocycles. The maximum Gasteiger partial charge on any atom is 0.158 e. The number of anilines is 1. The highest BCUT2D eigenvalue weighted by molar-refractivity contribution is 6.12. The average molecular weight is 275 g/mol. The summed E-state index contributed by atoms with van der Waals surface area (Å²) in [6.45, 7) is 3.11. The molecule has 4 rings (SSSR count). The summed E-state index contributed by atoms with van der Waals surface area (Å²) in [6, 6.07) is 19.1. The third-order valence-electron chi connectivity index (χ3n) is 4.23. The van der Waals surface area contributed by atoms with Gasteiger partial charge < -0.3 is 9.32 Å². The number of para-hydroxylation sites is 1. The summed E-state index contributed by atoms with van der Waals surface area (Å²) in [7, 11) is 2.10. The lowest BCUT2D eigenvalue weighted by molar-refractivity contribution is 0.667. The van der Waals surface area contributed by atoms with Crippen LogP contribution in [0.1, 0.15) is 6.92 Å². The Labute approximate surface area is 123 Å². The summed E-state index contributed by atoms with van der Waals surface area (Å²) in [4.78, 5) is 2.21.